The van der Waals surface area contributed by atoms with Gasteiger partial charge in [-0.15, -0.1) is 0 Å². The quantitative estimate of drug-likeness (QED) is 0.478. The van der Waals surface area contributed by atoms with Crippen LogP contribution in [-0.4, -0.2) is 48.1 Å². The van der Waals surface area contributed by atoms with Crippen molar-refractivity contribution in [1.29, 1.82) is 5.26 Å². The Bertz CT molecular complexity index is 264. The molecule has 0 amide bonds. The van der Waals surface area contributed by atoms with Crippen LogP contribution in [0, 0.1) is 17.2 Å². The summed E-state index contributed by atoms with van der Waals surface area (Å²) in [6.45, 7) is 13.9. The summed E-state index contributed by atoms with van der Waals surface area (Å²) < 4.78 is 8.65. The molecule has 0 aliphatic heterocycles. The number of rotatable bonds is 9. The Morgan fingerprint density at radius 1 is 1.05 bits per heavy atom. The van der Waals surface area contributed by atoms with Crippen LogP contribution >= 0.6 is 8.30 Å². The van der Waals surface area contributed by atoms with E-state index in [0.717, 1.165) is 0 Å². The Hall–Kier alpha value is -0.200. The molecule has 0 radical (unpaired) electrons. The lowest BCUT2D eigenvalue weighted by Gasteiger charge is -2.44. The van der Waals surface area contributed by atoms with Crippen LogP contribution < -0.4 is 0 Å². The monoisotopic (exact) mass is 301 g/mol. The van der Waals surface area contributed by atoms with Gasteiger partial charge in [0.1, 0.15) is 8.30 Å². The Labute approximate surface area is 127 Å². The second-order valence-electron chi connectivity index (χ2n) is 6.23. The fourth-order valence-corrected chi connectivity index (χ4v) is 5.22. The Kier molecular flexibility index (Phi) is 9.59. The third kappa shape index (κ3) is 6.06. The van der Waals surface area contributed by atoms with E-state index in [1.807, 2.05) is 0 Å². The van der Waals surface area contributed by atoms with Crippen LogP contribution in [0.3, 0.4) is 0 Å². The van der Waals surface area contributed by atoms with E-state index in [0.29, 0.717) is 36.8 Å². The number of hydrogen-bond donors (Lipinski definition) is 0. The fourth-order valence-electron chi connectivity index (χ4n) is 2.56. The summed E-state index contributed by atoms with van der Waals surface area (Å²) in [6, 6.07) is 3.04. The van der Waals surface area contributed by atoms with Crippen LogP contribution in [0.15, 0.2) is 0 Å². The molecule has 0 spiro atoms. The highest BCUT2D eigenvalue weighted by Crippen LogP contribution is 2.52. The zero-order chi connectivity index (χ0) is 15.9. The number of hydrogen-bond acceptors (Lipinski definition) is 4. The molecule has 0 rings (SSSR count). The maximum atomic E-state index is 8.75. The van der Waals surface area contributed by atoms with Crippen molar-refractivity contribution in [2.75, 3.05) is 20.7 Å². The summed E-state index contributed by atoms with van der Waals surface area (Å²) in [5.41, 5.74) is 0. The SMILES string of the molecule is CC(C)C(N(C)C)P(OCCC#N)N(C(C)C)C(C)C. The molecule has 0 heterocycles. The second-order valence-corrected chi connectivity index (χ2v) is 8.09. The Balaban J connectivity index is 5.26. The van der Waals surface area contributed by atoms with Crippen molar-refractivity contribution in [2.45, 2.75) is 65.8 Å². The first-order valence-electron chi connectivity index (χ1n) is 7.47. The van der Waals surface area contributed by atoms with Gasteiger partial charge in [0.05, 0.1) is 24.9 Å². The van der Waals surface area contributed by atoms with E-state index >= 15 is 0 Å². The van der Waals surface area contributed by atoms with Crippen LogP contribution in [0.4, 0.5) is 0 Å². The third-order valence-corrected chi connectivity index (χ3v) is 6.41. The van der Waals surface area contributed by atoms with Gasteiger partial charge in [-0.05, 0) is 47.7 Å². The zero-order valence-corrected chi connectivity index (χ0v) is 15.3. The van der Waals surface area contributed by atoms with E-state index < -0.39 is 8.30 Å². The minimum Gasteiger partial charge on any atom is -0.341 e. The molecule has 0 aromatic rings. The van der Waals surface area contributed by atoms with Gasteiger partial charge >= 0.3 is 0 Å². The maximum Gasteiger partial charge on any atom is 0.122 e. The van der Waals surface area contributed by atoms with Gasteiger partial charge in [-0.1, -0.05) is 13.8 Å². The molecule has 0 saturated carbocycles. The van der Waals surface area contributed by atoms with Crippen LogP contribution in [0.5, 0.6) is 0 Å². The van der Waals surface area contributed by atoms with E-state index in [1.54, 1.807) is 0 Å². The van der Waals surface area contributed by atoms with Crippen LogP contribution in [-0.2, 0) is 4.52 Å². The molecule has 118 valence electrons. The van der Waals surface area contributed by atoms with Gasteiger partial charge in [0.25, 0.3) is 0 Å². The van der Waals surface area contributed by atoms with Crippen molar-refractivity contribution in [1.82, 2.24) is 9.57 Å². The molecule has 20 heavy (non-hydrogen) atoms. The first kappa shape index (κ1) is 19.8. The van der Waals surface area contributed by atoms with Crippen molar-refractivity contribution in [3.05, 3.63) is 0 Å². The van der Waals surface area contributed by atoms with E-state index in [1.165, 1.54) is 0 Å². The van der Waals surface area contributed by atoms with Crippen LogP contribution in [0.1, 0.15) is 48.0 Å². The lowest BCUT2D eigenvalue weighted by molar-refractivity contribution is 0.212. The van der Waals surface area contributed by atoms with Crippen LogP contribution in [0.2, 0.25) is 0 Å². The minimum absolute atomic E-state index is 0.369. The largest absolute Gasteiger partial charge is 0.341 e. The standard InChI is InChI=1S/C15H32N3OP/c1-12(2)15(17(7)8)20(19-11-9-10-16)18(13(3)4)14(5)6/h12-15H,9,11H2,1-8H3. The molecule has 2 atom stereocenters. The predicted octanol–water partition coefficient (Wildman–Crippen LogP) is 3.89. The third-order valence-electron chi connectivity index (χ3n) is 3.07. The molecule has 0 aromatic heterocycles. The Morgan fingerprint density at radius 2 is 1.55 bits per heavy atom. The summed E-state index contributed by atoms with van der Waals surface area (Å²) >= 11 is 0. The highest BCUT2D eigenvalue weighted by Gasteiger charge is 2.35. The summed E-state index contributed by atoms with van der Waals surface area (Å²) in [6.07, 6.45) is 0.459. The summed E-state index contributed by atoms with van der Waals surface area (Å²) in [5, 5.41) is 8.75. The molecular formula is C15H32N3OP. The van der Waals surface area contributed by atoms with Gasteiger partial charge in [-0.25, -0.2) is 0 Å². The molecule has 0 saturated heterocycles. The highest BCUT2D eigenvalue weighted by atomic mass is 31.2. The zero-order valence-electron chi connectivity index (χ0n) is 14.4. The van der Waals surface area contributed by atoms with Gasteiger partial charge in [-0.3, -0.25) is 9.57 Å². The minimum atomic E-state index is -0.749. The molecule has 2 unspecified atom stereocenters. The number of nitrogens with zero attached hydrogens (tertiary/aromatic N) is 3. The molecular weight excluding hydrogens is 269 g/mol. The molecule has 0 aliphatic rings. The second kappa shape index (κ2) is 9.68. The Morgan fingerprint density at radius 3 is 1.85 bits per heavy atom. The van der Waals surface area contributed by atoms with Gasteiger partial charge in [0.2, 0.25) is 0 Å². The van der Waals surface area contributed by atoms with Crippen molar-refractivity contribution < 1.29 is 4.52 Å². The van der Waals surface area contributed by atoms with Crippen molar-refractivity contribution >= 4 is 8.30 Å². The normalized spacial score (nSPS) is 15.4. The van der Waals surface area contributed by atoms with Crippen molar-refractivity contribution in [3.63, 3.8) is 0 Å². The van der Waals surface area contributed by atoms with E-state index in [4.69, 9.17) is 9.79 Å². The summed E-state index contributed by atoms with van der Waals surface area (Å²) in [7, 11) is 3.49. The van der Waals surface area contributed by atoms with Gasteiger partial charge < -0.3 is 4.52 Å². The molecule has 0 bridgehead atoms. The topological polar surface area (TPSA) is 39.5 Å². The van der Waals surface area contributed by atoms with Crippen molar-refractivity contribution in [2.24, 2.45) is 5.92 Å². The lowest BCUT2D eigenvalue weighted by atomic mass is 10.2. The smallest absolute Gasteiger partial charge is 0.122 e. The van der Waals surface area contributed by atoms with Crippen molar-refractivity contribution in [3.8, 4) is 6.07 Å². The number of nitriles is 1. The van der Waals surface area contributed by atoms with Gasteiger partial charge in [0.15, 0.2) is 0 Å². The van der Waals surface area contributed by atoms with E-state index in [2.05, 4.69) is 71.3 Å². The summed E-state index contributed by atoms with van der Waals surface area (Å²) in [4.78, 5) is 2.26. The van der Waals surface area contributed by atoms with Gasteiger partial charge in [0, 0.05) is 12.1 Å². The average Bonchev–Trinajstić information content (AvgIpc) is 2.26. The predicted molar refractivity (Wildman–Crippen MR) is 87.5 cm³/mol. The van der Waals surface area contributed by atoms with E-state index in [-0.39, 0.29) is 0 Å². The first-order valence-corrected chi connectivity index (χ1v) is 8.75. The molecule has 5 heteroatoms. The van der Waals surface area contributed by atoms with E-state index in [9.17, 15) is 0 Å². The molecule has 0 aliphatic carbocycles. The van der Waals surface area contributed by atoms with Gasteiger partial charge in [-0.2, -0.15) is 5.26 Å². The highest BCUT2D eigenvalue weighted by molar-refractivity contribution is 7.50. The fraction of sp³-hybridized carbons (Fsp3) is 0.933. The lowest BCUT2D eigenvalue weighted by Crippen LogP contribution is -2.42. The summed E-state index contributed by atoms with van der Waals surface area (Å²) in [5.74, 6) is 0.881. The maximum absolute atomic E-state index is 8.75. The first-order chi connectivity index (χ1) is 9.23. The molecule has 0 fully saturated rings. The molecule has 0 N–H and O–H groups in total. The van der Waals surface area contributed by atoms with Crippen LogP contribution in [0.25, 0.3) is 0 Å². The molecule has 4 nitrogen and oxygen atoms in total. The molecule has 0 aromatic carbocycles. The average molecular weight is 301 g/mol.